The third-order valence-corrected chi connectivity index (χ3v) is 2.71. The molecule has 0 aliphatic heterocycles. The van der Waals surface area contributed by atoms with Crippen molar-refractivity contribution in [3.05, 3.63) is 47.7 Å². The average molecular weight is 269 g/mol. The molecule has 0 radical (unpaired) electrons. The molecule has 0 atom stereocenters. The van der Waals surface area contributed by atoms with E-state index in [9.17, 15) is 13.2 Å². The highest BCUT2D eigenvalue weighted by Crippen LogP contribution is 2.31. The van der Waals surface area contributed by atoms with Gasteiger partial charge >= 0.3 is 6.18 Å². The second-order valence-corrected chi connectivity index (χ2v) is 4.12. The van der Waals surface area contributed by atoms with E-state index in [0.29, 0.717) is 17.9 Å². The van der Waals surface area contributed by atoms with Gasteiger partial charge in [0.2, 0.25) is 0 Å². The van der Waals surface area contributed by atoms with E-state index in [4.69, 9.17) is 4.42 Å². The van der Waals surface area contributed by atoms with E-state index < -0.39 is 11.7 Å². The first-order valence-corrected chi connectivity index (χ1v) is 5.98. The van der Waals surface area contributed by atoms with Crippen LogP contribution in [0.3, 0.4) is 0 Å². The zero-order valence-corrected chi connectivity index (χ0v) is 10.4. The zero-order chi connectivity index (χ0) is 13.9. The van der Waals surface area contributed by atoms with E-state index in [2.05, 4.69) is 5.32 Å². The molecule has 0 saturated heterocycles. The molecule has 0 amide bonds. The lowest BCUT2D eigenvalue weighted by Crippen LogP contribution is -2.10. The van der Waals surface area contributed by atoms with Crippen molar-refractivity contribution < 1.29 is 17.6 Å². The molecular formula is C14H14F3NO. The Labute approximate surface area is 109 Å². The van der Waals surface area contributed by atoms with Gasteiger partial charge in [0.05, 0.1) is 12.1 Å². The molecule has 0 spiro atoms. The Kier molecular flexibility index (Phi) is 3.95. The van der Waals surface area contributed by atoms with Gasteiger partial charge in [-0.3, -0.25) is 0 Å². The normalized spacial score (nSPS) is 11.8. The molecule has 0 fully saturated rings. The molecule has 2 nitrogen and oxygen atoms in total. The quantitative estimate of drug-likeness (QED) is 0.904. The molecule has 1 aromatic heterocycles. The predicted molar refractivity (Wildman–Crippen MR) is 66.5 cm³/mol. The minimum Gasteiger partial charge on any atom is -0.460 e. The number of benzene rings is 1. The highest BCUT2D eigenvalue weighted by Gasteiger charge is 2.30. The van der Waals surface area contributed by atoms with Gasteiger partial charge in [-0.05, 0) is 30.8 Å². The number of nitrogens with one attached hydrogen (secondary N) is 1. The number of furan rings is 1. The van der Waals surface area contributed by atoms with Crippen molar-refractivity contribution >= 4 is 0 Å². The third kappa shape index (κ3) is 3.38. The molecule has 5 heteroatoms. The highest BCUT2D eigenvalue weighted by molar-refractivity contribution is 5.58. The predicted octanol–water partition coefficient (Wildman–Crippen LogP) is 4.07. The van der Waals surface area contributed by atoms with Gasteiger partial charge in [0.1, 0.15) is 11.5 Å². The first-order valence-electron chi connectivity index (χ1n) is 5.98. The van der Waals surface area contributed by atoms with Crippen molar-refractivity contribution in [3.8, 4) is 11.3 Å². The van der Waals surface area contributed by atoms with E-state index >= 15 is 0 Å². The van der Waals surface area contributed by atoms with Crippen LogP contribution in [0.1, 0.15) is 18.2 Å². The summed E-state index contributed by atoms with van der Waals surface area (Å²) in [5, 5.41) is 3.12. The van der Waals surface area contributed by atoms with E-state index in [-0.39, 0.29) is 0 Å². The van der Waals surface area contributed by atoms with Crippen molar-refractivity contribution in [2.75, 3.05) is 6.54 Å². The fraction of sp³-hybridized carbons (Fsp3) is 0.286. The monoisotopic (exact) mass is 269 g/mol. The summed E-state index contributed by atoms with van der Waals surface area (Å²) in [5.41, 5.74) is -0.0218. The Balaban J connectivity index is 2.16. The van der Waals surface area contributed by atoms with Crippen molar-refractivity contribution in [2.45, 2.75) is 19.6 Å². The molecule has 1 N–H and O–H groups in total. The van der Waals surface area contributed by atoms with E-state index in [0.717, 1.165) is 24.4 Å². The Bertz CT molecular complexity index is 528. The molecule has 2 aromatic rings. The van der Waals surface area contributed by atoms with E-state index in [1.54, 1.807) is 6.07 Å². The second kappa shape index (κ2) is 5.48. The SMILES string of the molecule is CCNCc1ccc(-c2ccc(C(F)(F)F)cc2)o1. The molecule has 1 heterocycles. The smallest absolute Gasteiger partial charge is 0.416 e. The van der Waals surface area contributed by atoms with Crippen molar-refractivity contribution in [1.82, 2.24) is 5.32 Å². The Hall–Kier alpha value is -1.75. The van der Waals surface area contributed by atoms with Crippen molar-refractivity contribution in [2.24, 2.45) is 0 Å². The molecule has 0 unspecified atom stereocenters. The Morgan fingerprint density at radius 3 is 2.32 bits per heavy atom. The second-order valence-electron chi connectivity index (χ2n) is 4.12. The Morgan fingerprint density at radius 2 is 1.74 bits per heavy atom. The van der Waals surface area contributed by atoms with Crippen LogP contribution >= 0.6 is 0 Å². The summed E-state index contributed by atoms with van der Waals surface area (Å²) < 4.78 is 42.9. The van der Waals surface area contributed by atoms with Gasteiger partial charge in [-0.2, -0.15) is 13.2 Å². The number of rotatable bonds is 4. The maximum atomic E-state index is 12.4. The standard InChI is InChI=1S/C14H14F3NO/c1-2-18-9-12-7-8-13(19-12)10-3-5-11(6-4-10)14(15,16)17/h3-8,18H,2,9H2,1H3. The summed E-state index contributed by atoms with van der Waals surface area (Å²) >= 11 is 0. The minimum atomic E-state index is -4.31. The van der Waals surface area contributed by atoms with Crippen LogP contribution in [-0.2, 0) is 12.7 Å². The fourth-order valence-corrected chi connectivity index (χ4v) is 1.70. The molecule has 19 heavy (non-hydrogen) atoms. The molecular weight excluding hydrogens is 255 g/mol. The summed E-state index contributed by atoms with van der Waals surface area (Å²) in [7, 11) is 0. The summed E-state index contributed by atoms with van der Waals surface area (Å²) in [6.07, 6.45) is -4.31. The van der Waals surface area contributed by atoms with Gasteiger partial charge in [0.25, 0.3) is 0 Å². The first-order chi connectivity index (χ1) is 9.00. The van der Waals surface area contributed by atoms with Gasteiger partial charge < -0.3 is 9.73 Å². The molecule has 0 saturated carbocycles. The minimum absolute atomic E-state index is 0.571. The van der Waals surface area contributed by atoms with Crippen LogP contribution in [-0.4, -0.2) is 6.54 Å². The fourth-order valence-electron chi connectivity index (χ4n) is 1.70. The maximum Gasteiger partial charge on any atom is 0.416 e. The van der Waals surface area contributed by atoms with Gasteiger partial charge in [-0.1, -0.05) is 19.1 Å². The van der Waals surface area contributed by atoms with Gasteiger partial charge in [0, 0.05) is 5.56 Å². The molecule has 2 rings (SSSR count). The summed E-state index contributed by atoms with van der Waals surface area (Å²) in [6, 6.07) is 8.52. The summed E-state index contributed by atoms with van der Waals surface area (Å²) in [4.78, 5) is 0. The van der Waals surface area contributed by atoms with Crippen LogP contribution in [0.2, 0.25) is 0 Å². The molecule has 0 bridgehead atoms. The van der Waals surface area contributed by atoms with Crippen LogP contribution in [0.15, 0.2) is 40.8 Å². The molecule has 0 aliphatic rings. The van der Waals surface area contributed by atoms with Crippen LogP contribution in [0.25, 0.3) is 11.3 Å². The maximum absolute atomic E-state index is 12.4. The summed E-state index contributed by atoms with van der Waals surface area (Å²) in [6.45, 7) is 3.42. The number of halogens is 3. The van der Waals surface area contributed by atoms with Gasteiger partial charge in [-0.15, -0.1) is 0 Å². The summed E-state index contributed by atoms with van der Waals surface area (Å²) in [5.74, 6) is 1.33. The largest absolute Gasteiger partial charge is 0.460 e. The molecule has 0 aliphatic carbocycles. The van der Waals surface area contributed by atoms with Crippen LogP contribution in [0.4, 0.5) is 13.2 Å². The lowest BCUT2D eigenvalue weighted by molar-refractivity contribution is -0.137. The van der Waals surface area contributed by atoms with Gasteiger partial charge in [0.15, 0.2) is 0 Å². The Morgan fingerprint density at radius 1 is 1.05 bits per heavy atom. The molecule has 1 aromatic carbocycles. The van der Waals surface area contributed by atoms with E-state index in [1.165, 1.54) is 12.1 Å². The first kappa shape index (κ1) is 13.7. The van der Waals surface area contributed by atoms with Crippen LogP contribution in [0.5, 0.6) is 0 Å². The highest BCUT2D eigenvalue weighted by atomic mass is 19.4. The third-order valence-electron chi connectivity index (χ3n) is 2.71. The zero-order valence-electron chi connectivity index (χ0n) is 10.4. The lowest BCUT2D eigenvalue weighted by Gasteiger charge is -2.06. The number of hydrogen-bond donors (Lipinski definition) is 1. The average Bonchev–Trinajstić information content (AvgIpc) is 2.84. The topological polar surface area (TPSA) is 25.2 Å². The molecule has 102 valence electrons. The lowest BCUT2D eigenvalue weighted by atomic mass is 10.1. The van der Waals surface area contributed by atoms with E-state index in [1.807, 2.05) is 13.0 Å². The van der Waals surface area contributed by atoms with Crippen LogP contribution in [0, 0.1) is 0 Å². The van der Waals surface area contributed by atoms with Crippen molar-refractivity contribution in [3.63, 3.8) is 0 Å². The van der Waals surface area contributed by atoms with Gasteiger partial charge in [-0.25, -0.2) is 0 Å². The number of alkyl halides is 3. The number of hydrogen-bond acceptors (Lipinski definition) is 2. The van der Waals surface area contributed by atoms with Crippen LogP contribution < -0.4 is 5.32 Å². The van der Waals surface area contributed by atoms with Crippen molar-refractivity contribution in [1.29, 1.82) is 0 Å².